The molecule has 1 fully saturated rings. The normalized spacial score (nSPS) is 19.8. The van der Waals surface area contributed by atoms with E-state index in [1.807, 2.05) is 0 Å². The first-order valence-corrected chi connectivity index (χ1v) is 9.43. The first-order chi connectivity index (χ1) is 13.1. The van der Waals surface area contributed by atoms with Crippen LogP contribution < -0.4 is 16.0 Å². The maximum absolute atomic E-state index is 11.8. The van der Waals surface area contributed by atoms with E-state index in [0.29, 0.717) is 34.0 Å². The molecular formula is C17H18N8OS. The molecular weight excluding hydrogens is 364 g/mol. The third-order valence-electron chi connectivity index (χ3n) is 4.83. The van der Waals surface area contributed by atoms with Gasteiger partial charge in [0.2, 0.25) is 0 Å². The number of nitriles is 1. The van der Waals surface area contributed by atoms with E-state index in [2.05, 4.69) is 43.1 Å². The number of amides is 1. The van der Waals surface area contributed by atoms with Crippen molar-refractivity contribution in [3.8, 4) is 6.07 Å². The van der Waals surface area contributed by atoms with Gasteiger partial charge in [-0.15, -0.1) is 11.3 Å². The summed E-state index contributed by atoms with van der Waals surface area (Å²) in [6, 6.07) is 2.23. The maximum atomic E-state index is 11.8. The average molecular weight is 382 g/mol. The van der Waals surface area contributed by atoms with Gasteiger partial charge in [-0.2, -0.15) is 5.26 Å². The van der Waals surface area contributed by atoms with Crippen molar-refractivity contribution in [2.75, 3.05) is 23.3 Å². The highest BCUT2D eigenvalue weighted by Gasteiger charge is 2.29. The number of thiazole rings is 1. The fraction of sp³-hybridized carbons (Fsp3) is 0.353. The van der Waals surface area contributed by atoms with Crippen LogP contribution in [-0.4, -0.2) is 45.0 Å². The molecule has 1 amide bonds. The van der Waals surface area contributed by atoms with Gasteiger partial charge in [0.1, 0.15) is 11.6 Å². The molecule has 10 heteroatoms. The molecule has 4 N–H and O–H groups in total. The van der Waals surface area contributed by atoms with E-state index < -0.39 is 5.91 Å². The molecule has 0 bridgehead atoms. The van der Waals surface area contributed by atoms with E-state index in [-0.39, 0.29) is 6.04 Å². The van der Waals surface area contributed by atoms with E-state index in [0.717, 1.165) is 24.6 Å². The number of hydrogen-bond acceptors (Lipinski definition) is 8. The average Bonchev–Trinajstić information content (AvgIpc) is 3.32. The molecule has 9 nitrogen and oxygen atoms in total. The van der Waals surface area contributed by atoms with Crippen molar-refractivity contribution in [2.45, 2.75) is 19.4 Å². The summed E-state index contributed by atoms with van der Waals surface area (Å²) in [5.74, 6) is -0.238. The molecule has 1 aliphatic rings. The second-order valence-corrected chi connectivity index (χ2v) is 7.44. The minimum absolute atomic E-state index is 0.156. The van der Waals surface area contributed by atoms with Crippen LogP contribution in [-0.2, 0) is 0 Å². The first kappa shape index (κ1) is 17.2. The van der Waals surface area contributed by atoms with Gasteiger partial charge < -0.3 is 20.9 Å². The summed E-state index contributed by atoms with van der Waals surface area (Å²) in [6.45, 7) is 3.76. The Morgan fingerprint density at radius 3 is 3.07 bits per heavy atom. The van der Waals surface area contributed by atoms with Crippen LogP contribution in [0.5, 0.6) is 0 Å². The number of imidazole rings is 1. The zero-order chi connectivity index (χ0) is 19.0. The van der Waals surface area contributed by atoms with Gasteiger partial charge in [-0.1, -0.05) is 6.92 Å². The summed E-state index contributed by atoms with van der Waals surface area (Å²) in [6.07, 6.45) is 3.88. The number of carbonyl (C=O) groups excluding carboxylic acids is 1. The smallest absolute Gasteiger partial charge is 0.252 e. The molecule has 3 aromatic heterocycles. The van der Waals surface area contributed by atoms with E-state index >= 15 is 0 Å². The number of nitrogens with two attached hydrogens (primary N) is 1. The third-order valence-corrected chi connectivity index (χ3v) is 5.73. The van der Waals surface area contributed by atoms with Gasteiger partial charge in [0.25, 0.3) is 5.91 Å². The van der Waals surface area contributed by atoms with Crippen molar-refractivity contribution in [3.05, 3.63) is 29.2 Å². The number of aromatic amines is 1. The molecule has 4 rings (SSSR count). The predicted octanol–water partition coefficient (Wildman–Crippen LogP) is 1.71. The molecule has 0 aromatic carbocycles. The van der Waals surface area contributed by atoms with Crippen molar-refractivity contribution < 1.29 is 4.79 Å². The number of anilines is 2. The highest BCUT2D eigenvalue weighted by molar-refractivity contribution is 7.13. The topological polar surface area (TPSA) is 137 Å². The van der Waals surface area contributed by atoms with Crippen molar-refractivity contribution in [2.24, 2.45) is 11.7 Å². The number of aromatic nitrogens is 4. The molecule has 4 heterocycles. The van der Waals surface area contributed by atoms with Crippen LogP contribution in [0.3, 0.4) is 0 Å². The molecule has 0 unspecified atom stereocenters. The summed E-state index contributed by atoms with van der Waals surface area (Å²) in [7, 11) is 0. The summed E-state index contributed by atoms with van der Waals surface area (Å²) < 4.78 is 0. The van der Waals surface area contributed by atoms with Crippen molar-refractivity contribution >= 4 is 39.2 Å². The molecule has 0 radical (unpaired) electrons. The van der Waals surface area contributed by atoms with Crippen molar-refractivity contribution in [1.29, 1.82) is 5.26 Å². The van der Waals surface area contributed by atoms with Gasteiger partial charge in [-0.3, -0.25) is 4.79 Å². The van der Waals surface area contributed by atoms with Crippen LogP contribution in [0.4, 0.5) is 10.8 Å². The van der Waals surface area contributed by atoms with Crippen LogP contribution in [0.15, 0.2) is 17.9 Å². The zero-order valence-electron chi connectivity index (χ0n) is 14.6. The Labute approximate surface area is 159 Å². The molecule has 0 aliphatic carbocycles. The van der Waals surface area contributed by atoms with Gasteiger partial charge in [-0.05, 0) is 12.3 Å². The lowest BCUT2D eigenvalue weighted by molar-refractivity contribution is 0.100. The largest absolute Gasteiger partial charge is 0.379 e. The number of rotatable bonds is 4. The quantitative estimate of drug-likeness (QED) is 0.625. The van der Waals surface area contributed by atoms with Crippen LogP contribution in [0, 0.1) is 17.2 Å². The minimum atomic E-state index is -0.529. The number of hydrogen-bond donors (Lipinski definition) is 3. The van der Waals surface area contributed by atoms with E-state index in [1.54, 1.807) is 11.7 Å². The zero-order valence-corrected chi connectivity index (χ0v) is 15.5. The summed E-state index contributed by atoms with van der Waals surface area (Å²) >= 11 is 1.49. The van der Waals surface area contributed by atoms with Gasteiger partial charge in [0.05, 0.1) is 17.6 Å². The van der Waals surface area contributed by atoms with Crippen LogP contribution in [0.2, 0.25) is 0 Å². The number of piperidine rings is 1. The Balaban J connectivity index is 1.55. The van der Waals surface area contributed by atoms with Crippen molar-refractivity contribution in [1.82, 2.24) is 19.9 Å². The SMILES string of the molecule is C[C@H]1CN(c2nc(C#N)cs2)CC[C@H]1Nc1c(C(N)=O)cnc2nc[nH]c12. The Morgan fingerprint density at radius 2 is 2.37 bits per heavy atom. The van der Waals surface area contributed by atoms with Crippen LogP contribution >= 0.6 is 11.3 Å². The Hall–Kier alpha value is -3.19. The van der Waals surface area contributed by atoms with Crippen molar-refractivity contribution in [3.63, 3.8) is 0 Å². The molecule has 2 atom stereocenters. The van der Waals surface area contributed by atoms with E-state index in [9.17, 15) is 4.79 Å². The van der Waals surface area contributed by atoms with Gasteiger partial charge >= 0.3 is 0 Å². The minimum Gasteiger partial charge on any atom is -0.379 e. The first-order valence-electron chi connectivity index (χ1n) is 8.56. The molecule has 138 valence electrons. The second kappa shape index (κ2) is 6.85. The fourth-order valence-electron chi connectivity index (χ4n) is 3.41. The summed E-state index contributed by atoms with van der Waals surface area (Å²) in [5.41, 5.74) is 8.20. The lowest BCUT2D eigenvalue weighted by atomic mass is 9.93. The molecule has 27 heavy (non-hydrogen) atoms. The fourth-order valence-corrected chi connectivity index (χ4v) is 4.20. The molecule has 0 saturated carbocycles. The molecule has 0 spiro atoms. The van der Waals surface area contributed by atoms with Gasteiger partial charge in [0, 0.05) is 30.7 Å². The number of carbonyl (C=O) groups is 1. The summed E-state index contributed by atoms with van der Waals surface area (Å²) in [4.78, 5) is 29.8. The van der Waals surface area contributed by atoms with E-state index in [1.165, 1.54) is 17.5 Å². The van der Waals surface area contributed by atoms with Crippen LogP contribution in [0.25, 0.3) is 11.2 Å². The Bertz CT molecular complexity index is 1040. The van der Waals surface area contributed by atoms with Gasteiger partial charge in [0.15, 0.2) is 16.5 Å². The van der Waals surface area contributed by atoms with Gasteiger partial charge in [-0.25, -0.2) is 15.0 Å². The number of nitrogens with one attached hydrogen (secondary N) is 2. The lowest BCUT2D eigenvalue weighted by Gasteiger charge is -2.37. The highest BCUT2D eigenvalue weighted by atomic mass is 32.1. The standard InChI is InChI=1S/C17H18N8OS/c1-9-6-25(17-23-10(4-18)7-27-17)3-2-12(9)24-13-11(15(19)26)5-20-16-14(13)21-8-22-16/h5,7-9,12H,2-3,6H2,1H3,(H2,19,26)(H2,20,21,22,24)/t9-,12+/m0/s1. The highest BCUT2D eigenvalue weighted by Crippen LogP contribution is 2.30. The maximum Gasteiger partial charge on any atom is 0.252 e. The number of nitrogens with zero attached hydrogens (tertiary/aromatic N) is 5. The van der Waals surface area contributed by atoms with Crippen LogP contribution in [0.1, 0.15) is 29.4 Å². The molecule has 1 aliphatic heterocycles. The Morgan fingerprint density at radius 1 is 1.52 bits per heavy atom. The third kappa shape index (κ3) is 3.17. The lowest BCUT2D eigenvalue weighted by Crippen LogP contribution is -2.45. The molecule has 1 saturated heterocycles. The number of fused-ring (bicyclic) bond motifs is 1. The number of primary amides is 1. The Kier molecular flexibility index (Phi) is 4.37. The molecule has 3 aromatic rings. The van der Waals surface area contributed by atoms with E-state index in [4.69, 9.17) is 11.0 Å². The predicted molar refractivity (Wildman–Crippen MR) is 103 cm³/mol. The monoisotopic (exact) mass is 382 g/mol. The summed E-state index contributed by atoms with van der Waals surface area (Å²) in [5, 5.41) is 15.1. The second-order valence-electron chi connectivity index (χ2n) is 6.60. The number of pyridine rings is 1. The number of H-pyrrole nitrogens is 1.